The normalized spacial score (nSPS) is 11.5. The Balaban J connectivity index is 1.41. The second-order valence-corrected chi connectivity index (χ2v) is 9.27. The Kier molecular flexibility index (Phi) is 7.29. The highest BCUT2D eigenvalue weighted by atomic mass is 19.3. The van der Waals surface area contributed by atoms with Gasteiger partial charge < -0.3 is 4.74 Å². The van der Waals surface area contributed by atoms with Crippen LogP contribution in [0.2, 0.25) is 0 Å². The molecule has 0 spiro atoms. The second kappa shape index (κ2) is 10.7. The minimum Gasteiger partial charge on any atom is -0.429 e. The van der Waals surface area contributed by atoms with Gasteiger partial charge in [0, 0.05) is 17.7 Å². The highest BCUT2D eigenvalue weighted by Gasteiger charge is 2.41. The highest BCUT2D eigenvalue weighted by molar-refractivity contribution is 5.74. The Labute approximate surface area is 229 Å². The first-order valence-corrected chi connectivity index (χ1v) is 12.1. The molecule has 1 nitrogen and oxygen atoms in total. The molecule has 5 aromatic rings. The summed E-state index contributed by atoms with van der Waals surface area (Å²) in [6.45, 7) is 1.98. The van der Waals surface area contributed by atoms with Gasteiger partial charge in [0.1, 0.15) is 28.8 Å². The molecule has 0 saturated heterocycles. The molecule has 0 aliphatic heterocycles. The number of alkyl halides is 2. The molecule has 0 unspecified atom stereocenters. The fraction of sp³-hybridized carbons (Fsp3) is 0.0625. The maximum Gasteiger partial charge on any atom is 0.432 e. The molecule has 0 heterocycles. The molecule has 5 aromatic carbocycles. The largest absolute Gasteiger partial charge is 0.432 e. The van der Waals surface area contributed by atoms with E-state index in [0.717, 1.165) is 22.8 Å². The number of hydrogen-bond donors (Lipinski definition) is 0. The van der Waals surface area contributed by atoms with Gasteiger partial charge in [0.2, 0.25) is 0 Å². The van der Waals surface area contributed by atoms with Gasteiger partial charge >= 0.3 is 6.11 Å². The molecular formula is C32H18F8O. The van der Waals surface area contributed by atoms with Crippen LogP contribution in [0.3, 0.4) is 0 Å². The third-order valence-corrected chi connectivity index (χ3v) is 6.42. The van der Waals surface area contributed by atoms with E-state index >= 15 is 4.39 Å². The topological polar surface area (TPSA) is 9.23 Å². The van der Waals surface area contributed by atoms with Gasteiger partial charge in [-0.25, -0.2) is 26.3 Å². The molecule has 0 N–H and O–H groups in total. The van der Waals surface area contributed by atoms with Gasteiger partial charge in [-0.1, -0.05) is 66.2 Å². The van der Waals surface area contributed by atoms with E-state index in [9.17, 15) is 30.7 Å². The van der Waals surface area contributed by atoms with Crippen LogP contribution in [0.15, 0.2) is 91.0 Å². The molecule has 208 valence electrons. The molecule has 0 aromatic heterocycles. The fourth-order valence-electron chi connectivity index (χ4n) is 4.33. The number of aryl methyl sites for hydroxylation is 1. The summed E-state index contributed by atoms with van der Waals surface area (Å²) in [6.07, 6.45) is -4.75. The molecule has 9 heteroatoms. The van der Waals surface area contributed by atoms with Crippen molar-refractivity contribution in [2.75, 3.05) is 0 Å². The van der Waals surface area contributed by atoms with Crippen molar-refractivity contribution in [2.24, 2.45) is 0 Å². The van der Waals surface area contributed by atoms with Gasteiger partial charge in [-0.05, 0) is 52.9 Å². The maximum absolute atomic E-state index is 15.1. The van der Waals surface area contributed by atoms with E-state index in [1.165, 1.54) is 12.1 Å². The van der Waals surface area contributed by atoms with E-state index in [1.54, 1.807) is 12.1 Å². The number of benzene rings is 5. The van der Waals surface area contributed by atoms with Crippen LogP contribution in [0, 0.1) is 41.8 Å². The maximum atomic E-state index is 15.1. The first-order valence-electron chi connectivity index (χ1n) is 12.1. The smallest absolute Gasteiger partial charge is 0.429 e. The third-order valence-electron chi connectivity index (χ3n) is 6.42. The van der Waals surface area contributed by atoms with Gasteiger partial charge in [0.25, 0.3) is 0 Å². The van der Waals surface area contributed by atoms with E-state index in [4.69, 9.17) is 0 Å². The van der Waals surface area contributed by atoms with Crippen LogP contribution < -0.4 is 4.74 Å². The monoisotopic (exact) mass is 570 g/mol. The summed E-state index contributed by atoms with van der Waals surface area (Å²) < 4.78 is 118. The summed E-state index contributed by atoms with van der Waals surface area (Å²) in [5.74, 6) is -11.3. The summed E-state index contributed by atoms with van der Waals surface area (Å²) in [4.78, 5) is 0. The Bertz CT molecular complexity index is 1700. The predicted molar refractivity (Wildman–Crippen MR) is 138 cm³/mol. The number of rotatable bonds is 6. The fourth-order valence-corrected chi connectivity index (χ4v) is 4.33. The SMILES string of the molecule is Cc1ccc(-c2ccc(-c3ccc(-c4cc(F)c(C(F)(F)Oc5cc(F)c(F)c(F)c5)c(F)c4)c(F)c3)cc2)cc1. The lowest BCUT2D eigenvalue weighted by molar-refractivity contribution is -0.189. The average molecular weight is 570 g/mol. The van der Waals surface area contributed by atoms with E-state index in [1.807, 2.05) is 43.3 Å². The Hall–Kier alpha value is -4.66. The zero-order valence-corrected chi connectivity index (χ0v) is 21.1. The van der Waals surface area contributed by atoms with E-state index < -0.39 is 52.3 Å². The van der Waals surface area contributed by atoms with Crippen LogP contribution in [-0.4, -0.2) is 0 Å². The standard InChI is InChI=1S/C32H18F8O/c1-17-2-4-18(5-3-17)19-6-8-20(9-7-19)21-10-11-24(25(33)12-21)22-13-26(34)30(27(35)14-22)32(39,40)41-23-15-28(36)31(38)29(37)16-23/h2-16H,1H3. The molecule has 41 heavy (non-hydrogen) atoms. The molecule has 0 bridgehead atoms. The molecule has 0 radical (unpaired) electrons. The molecule has 0 aliphatic carbocycles. The number of hydrogen-bond acceptors (Lipinski definition) is 1. The van der Waals surface area contributed by atoms with E-state index in [-0.39, 0.29) is 23.3 Å². The van der Waals surface area contributed by atoms with Gasteiger partial charge in [-0.3, -0.25) is 0 Å². The summed E-state index contributed by atoms with van der Waals surface area (Å²) in [5.41, 5.74) is 1.70. The average Bonchev–Trinajstić information content (AvgIpc) is 2.91. The van der Waals surface area contributed by atoms with Crippen molar-refractivity contribution >= 4 is 0 Å². The number of halogens is 8. The van der Waals surface area contributed by atoms with Crippen LogP contribution >= 0.6 is 0 Å². The first kappa shape index (κ1) is 27.9. The summed E-state index contributed by atoms with van der Waals surface area (Å²) in [6, 6.07) is 20.3. The summed E-state index contributed by atoms with van der Waals surface area (Å²) in [7, 11) is 0. The molecule has 0 saturated carbocycles. The molecule has 0 atom stereocenters. The van der Waals surface area contributed by atoms with Gasteiger partial charge in [0.15, 0.2) is 17.5 Å². The Morgan fingerprint density at radius 1 is 0.488 bits per heavy atom. The van der Waals surface area contributed by atoms with Crippen LogP contribution in [0.5, 0.6) is 5.75 Å². The van der Waals surface area contributed by atoms with Crippen LogP contribution in [0.1, 0.15) is 11.1 Å². The molecule has 0 fully saturated rings. The zero-order valence-electron chi connectivity index (χ0n) is 21.1. The van der Waals surface area contributed by atoms with Crippen LogP contribution in [-0.2, 0) is 6.11 Å². The minimum absolute atomic E-state index is 0.101. The lowest BCUT2D eigenvalue weighted by Gasteiger charge is -2.20. The second-order valence-electron chi connectivity index (χ2n) is 9.27. The minimum atomic E-state index is -4.75. The Morgan fingerprint density at radius 3 is 1.44 bits per heavy atom. The highest BCUT2D eigenvalue weighted by Crippen LogP contribution is 2.38. The molecular weight excluding hydrogens is 552 g/mol. The van der Waals surface area contributed by atoms with Crippen molar-refractivity contribution in [2.45, 2.75) is 13.0 Å². The van der Waals surface area contributed by atoms with Crippen molar-refractivity contribution in [1.82, 2.24) is 0 Å². The molecule has 0 aliphatic rings. The predicted octanol–water partition coefficient (Wildman–Crippen LogP) is 9.96. The third kappa shape index (κ3) is 5.66. The van der Waals surface area contributed by atoms with E-state index in [0.29, 0.717) is 23.3 Å². The van der Waals surface area contributed by atoms with Crippen LogP contribution in [0.25, 0.3) is 33.4 Å². The van der Waals surface area contributed by atoms with Crippen molar-refractivity contribution in [3.8, 4) is 39.1 Å². The van der Waals surface area contributed by atoms with Crippen molar-refractivity contribution in [3.63, 3.8) is 0 Å². The van der Waals surface area contributed by atoms with Crippen LogP contribution in [0.4, 0.5) is 35.1 Å². The lowest BCUT2D eigenvalue weighted by Crippen LogP contribution is -2.25. The lowest BCUT2D eigenvalue weighted by atomic mass is 9.96. The zero-order chi connectivity index (χ0) is 29.5. The molecule has 0 amide bonds. The van der Waals surface area contributed by atoms with Gasteiger partial charge in [-0.2, -0.15) is 8.78 Å². The van der Waals surface area contributed by atoms with E-state index in [2.05, 4.69) is 4.74 Å². The van der Waals surface area contributed by atoms with Crippen molar-refractivity contribution in [1.29, 1.82) is 0 Å². The molecule has 5 rings (SSSR count). The van der Waals surface area contributed by atoms with Gasteiger partial charge in [0.05, 0.1) is 0 Å². The first-order chi connectivity index (χ1) is 19.4. The summed E-state index contributed by atoms with van der Waals surface area (Å²) in [5, 5.41) is 0. The summed E-state index contributed by atoms with van der Waals surface area (Å²) >= 11 is 0. The van der Waals surface area contributed by atoms with Crippen molar-refractivity contribution < 1.29 is 39.9 Å². The van der Waals surface area contributed by atoms with Crippen molar-refractivity contribution in [3.05, 3.63) is 137 Å². The Morgan fingerprint density at radius 2 is 0.927 bits per heavy atom. The quantitative estimate of drug-likeness (QED) is 0.146. The van der Waals surface area contributed by atoms with Gasteiger partial charge in [-0.15, -0.1) is 0 Å². The number of ether oxygens (including phenoxy) is 1.